The number of benzene rings is 2. The molecule has 0 amide bonds. The van der Waals surface area contributed by atoms with E-state index in [1.807, 2.05) is 18.2 Å². The lowest BCUT2D eigenvalue weighted by Gasteiger charge is -2.41. The Morgan fingerprint density at radius 3 is 2.27 bits per heavy atom. The van der Waals surface area contributed by atoms with Crippen LogP contribution in [0.3, 0.4) is 0 Å². The Labute approximate surface area is 218 Å². The van der Waals surface area contributed by atoms with Gasteiger partial charge in [-0.3, -0.25) is 0 Å². The fourth-order valence-corrected chi connectivity index (χ4v) is 5.38. The van der Waals surface area contributed by atoms with Gasteiger partial charge in [-0.15, -0.1) is 0 Å². The predicted octanol–water partition coefficient (Wildman–Crippen LogP) is 5.23. The predicted molar refractivity (Wildman–Crippen MR) is 146 cm³/mol. The standard InChI is InChI=1S/C29H34N6O2/c1-36-27-16-21(6-7-22(27)18-30)23-19-31-29(32-20-23)33-26-9-8-25(17-28(26)37-2)35-14-10-24(11-15-35)34-12-4-3-5-13-34/h6-9,16-17,19-20,24H,3-5,10-15H2,1-2H3,(H,31,32,33). The molecule has 2 aromatic carbocycles. The van der Waals surface area contributed by atoms with Crippen LogP contribution in [0.5, 0.6) is 11.5 Å². The Morgan fingerprint density at radius 1 is 0.865 bits per heavy atom. The van der Waals surface area contributed by atoms with Crippen molar-refractivity contribution in [3.63, 3.8) is 0 Å². The molecule has 0 bridgehead atoms. The zero-order valence-corrected chi connectivity index (χ0v) is 21.6. The first kappa shape index (κ1) is 24.8. The number of nitrogens with one attached hydrogen (secondary N) is 1. The Kier molecular flexibility index (Phi) is 7.71. The van der Waals surface area contributed by atoms with E-state index in [4.69, 9.17) is 9.47 Å². The van der Waals surface area contributed by atoms with Gasteiger partial charge >= 0.3 is 0 Å². The molecule has 2 saturated heterocycles. The molecule has 0 unspecified atom stereocenters. The highest BCUT2D eigenvalue weighted by Crippen LogP contribution is 2.33. The number of nitrogens with zero attached hydrogens (tertiary/aromatic N) is 5. The highest BCUT2D eigenvalue weighted by atomic mass is 16.5. The van der Waals surface area contributed by atoms with E-state index < -0.39 is 0 Å². The van der Waals surface area contributed by atoms with Gasteiger partial charge in [0.05, 0.1) is 25.5 Å². The third-order valence-corrected chi connectivity index (χ3v) is 7.48. The summed E-state index contributed by atoms with van der Waals surface area (Å²) >= 11 is 0. The molecule has 1 aromatic heterocycles. The summed E-state index contributed by atoms with van der Waals surface area (Å²) in [5, 5.41) is 12.5. The summed E-state index contributed by atoms with van der Waals surface area (Å²) in [5.74, 6) is 1.78. The van der Waals surface area contributed by atoms with E-state index in [0.717, 1.165) is 41.7 Å². The van der Waals surface area contributed by atoms with Gasteiger partial charge in [0.15, 0.2) is 0 Å². The average Bonchev–Trinajstić information content (AvgIpc) is 2.98. The second kappa shape index (κ2) is 11.5. The lowest BCUT2D eigenvalue weighted by Crippen LogP contribution is -2.46. The summed E-state index contributed by atoms with van der Waals surface area (Å²) in [6, 6.07) is 14.6. The Morgan fingerprint density at radius 2 is 1.59 bits per heavy atom. The van der Waals surface area contributed by atoms with Gasteiger partial charge in [-0.2, -0.15) is 5.26 Å². The number of nitriles is 1. The van der Waals surface area contributed by atoms with Crippen LogP contribution >= 0.6 is 0 Å². The number of rotatable bonds is 7. The van der Waals surface area contributed by atoms with E-state index in [1.54, 1.807) is 32.7 Å². The van der Waals surface area contributed by atoms with Crippen molar-refractivity contribution in [2.45, 2.75) is 38.1 Å². The van der Waals surface area contributed by atoms with Crippen molar-refractivity contribution in [3.8, 4) is 28.7 Å². The number of aromatic nitrogens is 2. The minimum absolute atomic E-state index is 0.484. The second-order valence-electron chi connectivity index (χ2n) is 9.65. The zero-order valence-electron chi connectivity index (χ0n) is 21.6. The fraction of sp³-hybridized carbons (Fsp3) is 0.414. The number of hydrogen-bond acceptors (Lipinski definition) is 8. The number of likely N-dealkylation sites (tertiary alicyclic amines) is 1. The van der Waals surface area contributed by atoms with Gasteiger partial charge in [0.2, 0.25) is 5.95 Å². The number of methoxy groups -OCH3 is 2. The van der Waals surface area contributed by atoms with Crippen molar-refractivity contribution in [2.75, 3.05) is 50.6 Å². The number of hydrogen-bond donors (Lipinski definition) is 1. The molecule has 0 atom stereocenters. The first-order valence-corrected chi connectivity index (χ1v) is 13.0. The molecule has 1 N–H and O–H groups in total. The van der Waals surface area contributed by atoms with Crippen LogP contribution in [0.25, 0.3) is 11.1 Å². The molecule has 3 aromatic rings. The third kappa shape index (κ3) is 5.62. The van der Waals surface area contributed by atoms with E-state index in [0.29, 0.717) is 17.3 Å². The molecule has 8 heteroatoms. The molecule has 2 aliphatic heterocycles. The van der Waals surface area contributed by atoms with Crippen LogP contribution in [0.2, 0.25) is 0 Å². The molecule has 0 saturated carbocycles. The zero-order chi connectivity index (χ0) is 25.6. The first-order valence-electron chi connectivity index (χ1n) is 13.0. The summed E-state index contributed by atoms with van der Waals surface area (Å²) in [6.45, 7) is 4.68. The van der Waals surface area contributed by atoms with Crippen molar-refractivity contribution >= 4 is 17.3 Å². The van der Waals surface area contributed by atoms with Crippen molar-refractivity contribution in [2.24, 2.45) is 0 Å². The second-order valence-corrected chi connectivity index (χ2v) is 9.65. The maximum atomic E-state index is 9.20. The van der Waals surface area contributed by atoms with Gasteiger partial charge in [0.25, 0.3) is 0 Å². The molecule has 0 radical (unpaired) electrons. The summed E-state index contributed by atoms with van der Waals surface area (Å²) in [4.78, 5) is 14.1. The van der Waals surface area contributed by atoms with E-state index in [2.05, 4.69) is 43.3 Å². The third-order valence-electron chi connectivity index (χ3n) is 7.48. The van der Waals surface area contributed by atoms with Gasteiger partial charge in [0.1, 0.15) is 17.6 Å². The Bertz CT molecular complexity index is 1240. The van der Waals surface area contributed by atoms with E-state index in [1.165, 1.54) is 50.9 Å². The Balaban J connectivity index is 1.24. The maximum absolute atomic E-state index is 9.20. The molecule has 2 aliphatic rings. The van der Waals surface area contributed by atoms with Gasteiger partial charge in [-0.25, -0.2) is 9.97 Å². The van der Waals surface area contributed by atoms with Gasteiger partial charge in [0, 0.05) is 48.8 Å². The molecule has 192 valence electrons. The van der Waals surface area contributed by atoms with E-state index in [9.17, 15) is 5.26 Å². The minimum atomic E-state index is 0.484. The molecule has 8 nitrogen and oxygen atoms in total. The van der Waals surface area contributed by atoms with E-state index >= 15 is 0 Å². The average molecular weight is 499 g/mol. The summed E-state index contributed by atoms with van der Waals surface area (Å²) < 4.78 is 11.0. The molecule has 5 rings (SSSR count). The van der Waals surface area contributed by atoms with Crippen LogP contribution in [0.4, 0.5) is 17.3 Å². The molecule has 3 heterocycles. The monoisotopic (exact) mass is 498 g/mol. The molecule has 0 spiro atoms. The van der Waals surface area contributed by atoms with Crippen LogP contribution in [0.15, 0.2) is 48.8 Å². The van der Waals surface area contributed by atoms with Gasteiger partial charge in [-0.05, 0) is 68.6 Å². The number of piperidine rings is 2. The van der Waals surface area contributed by atoms with Gasteiger partial charge in [-0.1, -0.05) is 12.5 Å². The largest absolute Gasteiger partial charge is 0.495 e. The molecular weight excluding hydrogens is 464 g/mol. The van der Waals surface area contributed by atoms with Crippen LogP contribution < -0.4 is 19.7 Å². The quantitative estimate of drug-likeness (QED) is 0.474. The lowest BCUT2D eigenvalue weighted by atomic mass is 9.99. The highest BCUT2D eigenvalue weighted by molar-refractivity contribution is 5.70. The summed E-state index contributed by atoms with van der Waals surface area (Å²) in [5.41, 5.74) is 4.22. The summed E-state index contributed by atoms with van der Waals surface area (Å²) in [7, 11) is 3.24. The molecule has 37 heavy (non-hydrogen) atoms. The topological polar surface area (TPSA) is 86.5 Å². The minimum Gasteiger partial charge on any atom is -0.495 e. The highest BCUT2D eigenvalue weighted by Gasteiger charge is 2.26. The van der Waals surface area contributed by atoms with Crippen LogP contribution in [-0.2, 0) is 0 Å². The molecule has 2 fully saturated rings. The molecule has 0 aliphatic carbocycles. The number of ether oxygens (including phenoxy) is 2. The smallest absolute Gasteiger partial charge is 0.227 e. The van der Waals surface area contributed by atoms with Crippen molar-refractivity contribution in [1.29, 1.82) is 5.26 Å². The molecular formula is C29H34N6O2. The van der Waals surface area contributed by atoms with Crippen molar-refractivity contribution in [1.82, 2.24) is 14.9 Å². The first-order chi connectivity index (χ1) is 18.2. The summed E-state index contributed by atoms with van der Waals surface area (Å²) in [6.07, 6.45) is 10.0. The maximum Gasteiger partial charge on any atom is 0.227 e. The Hall–Kier alpha value is -3.83. The SMILES string of the molecule is COc1cc(-c2cnc(Nc3ccc(N4CCC(N5CCCCC5)CC4)cc3OC)nc2)ccc1C#N. The van der Waals surface area contributed by atoms with E-state index in [-0.39, 0.29) is 0 Å². The lowest BCUT2D eigenvalue weighted by molar-refractivity contribution is 0.141. The van der Waals surface area contributed by atoms with Crippen LogP contribution in [0, 0.1) is 11.3 Å². The van der Waals surface area contributed by atoms with Gasteiger partial charge < -0.3 is 24.6 Å². The van der Waals surface area contributed by atoms with Crippen molar-refractivity contribution in [3.05, 3.63) is 54.4 Å². The fourth-order valence-electron chi connectivity index (χ4n) is 5.38. The number of anilines is 3. The van der Waals surface area contributed by atoms with Crippen molar-refractivity contribution < 1.29 is 9.47 Å². The van der Waals surface area contributed by atoms with Crippen LogP contribution in [-0.4, -0.2) is 61.3 Å². The van der Waals surface area contributed by atoms with Crippen LogP contribution in [0.1, 0.15) is 37.7 Å². The normalized spacial score (nSPS) is 16.7.